The summed E-state index contributed by atoms with van der Waals surface area (Å²) in [6, 6.07) is 8.61. The van der Waals surface area contributed by atoms with E-state index >= 15 is 0 Å². The molecule has 27 heavy (non-hydrogen) atoms. The van der Waals surface area contributed by atoms with E-state index in [9.17, 15) is 19.6 Å². The van der Waals surface area contributed by atoms with E-state index in [-0.39, 0.29) is 17.2 Å². The third-order valence-electron chi connectivity index (χ3n) is 4.57. The SMILES string of the molecule is CC(OC(=O)c1nn(C)c(=O)c2ccccc12)C(=O)NC(C)(C#N)C(C)C. The number of nitrogens with zero attached hydrogens (tertiary/aromatic N) is 3. The van der Waals surface area contributed by atoms with Gasteiger partial charge in [-0.25, -0.2) is 9.48 Å². The number of ether oxygens (including phenoxy) is 1. The Morgan fingerprint density at radius 1 is 1.26 bits per heavy atom. The van der Waals surface area contributed by atoms with Crippen LogP contribution in [0.4, 0.5) is 0 Å². The van der Waals surface area contributed by atoms with Crippen molar-refractivity contribution in [1.29, 1.82) is 5.26 Å². The normalized spacial score (nSPS) is 14.3. The lowest BCUT2D eigenvalue weighted by atomic mass is 9.90. The third-order valence-corrected chi connectivity index (χ3v) is 4.57. The van der Waals surface area contributed by atoms with Crippen molar-refractivity contribution in [2.75, 3.05) is 0 Å². The topological polar surface area (TPSA) is 114 Å². The molecule has 8 nitrogen and oxygen atoms in total. The first-order valence-electron chi connectivity index (χ1n) is 8.51. The largest absolute Gasteiger partial charge is 0.448 e. The van der Waals surface area contributed by atoms with Crippen LogP contribution in [-0.4, -0.2) is 33.3 Å². The Kier molecular flexibility index (Phi) is 5.64. The van der Waals surface area contributed by atoms with Gasteiger partial charge < -0.3 is 10.1 Å². The van der Waals surface area contributed by atoms with Gasteiger partial charge in [0.15, 0.2) is 11.8 Å². The number of hydrogen-bond donors (Lipinski definition) is 1. The van der Waals surface area contributed by atoms with Crippen LogP contribution in [0.2, 0.25) is 0 Å². The van der Waals surface area contributed by atoms with E-state index in [0.717, 1.165) is 4.68 Å². The molecule has 0 aliphatic carbocycles. The number of carbonyl (C=O) groups excluding carboxylic acids is 2. The molecule has 0 saturated heterocycles. The van der Waals surface area contributed by atoms with Crippen LogP contribution in [0.3, 0.4) is 0 Å². The zero-order chi connectivity index (χ0) is 20.4. The molecule has 0 aliphatic heterocycles. The maximum absolute atomic E-state index is 12.6. The second kappa shape index (κ2) is 7.58. The Bertz CT molecular complexity index is 989. The monoisotopic (exact) mass is 370 g/mol. The number of carbonyl (C=O) groups is 2. The number of esters is 1. The Morgan fingerprint density at radius 3 is 2.41 bits per heavy atom. The Morgan fingerprint density at radius 2 is 1.85 bits per heavy atom. The number of fused-ring (bicyclic) bond motifs is 1. The molecule has 2 unspecified atom stereocenters. The first-order valence-corrected chi connectivity index (χ1v) is 8.51. The molecule has 0 fully saturated rings. The quantitative estimate of drug-likeness (QED) is 0.799. The maximum atomic E-state index is 12.6. The van der Waals surface area contributed by atoms with Crippen molar-refractivity contribution in [1.82, 2.24) is 15.1 Å². The average Bonchev–Trinajstić information content (AvgIpc) is 2.64. The second-order valence-electron chi connectivity index (χ2n) is 6.83. The van der Waals surface area contributed by atoms with Crippen molar-refractivity contribution in [3.8, 4) is 6.07 Å². The number of hydrogen-bond acceptors (Lipinski definition) is 6. The van der Waals surface area contributed by atoms with Crippen LogP contribution < -0.4 is 10.9 Å². The van der Waals surface area contributed by atoms with Crippen LogP contribution in [0.15, 0.2) is 29.1 Å². The summed E-state index contributed by atoms with van der Waals surface area (Å²) in [5.41, 5.74) is -1.48. The van der Waals surface area contributed by atoms with E-state index in [4.69, 9.17) is 4.74 Å². The molecule has 8 heteroatoms. The molecule has 0 saturated carbocycles. The maximum Gasteiger partial charge on any atom is 0.360 e. The molecule has 142 valence electrons. The minimum Gasteiger partial charge on any atom is -0.448 e. The molecule has 1 amide bonds. The van der Waals surface area contributed by atoms with Gasteiger partial charge >= 0.3 is 5.97 Å². The van der Waals surface area contributed by atoms with Gasteiger partial charge in [0.05, 0.1) is 11.5 Å². The van der Waals surface area contributed by atoms with Crippen molar-refractivity contribution in [3.63, 3.8) is 0 Å². The number of benzene rings is 1. The molecular formula is C19H22N4O4. The summed E-state index contributed by atoms with van der Waals surface area (Å²) in [5, 5.41) is 16.6. The number of amides is 1. The lowest BCUT2D eigenvalue weighted by Crippen LogP contribution is -2.52. The van der Waals surface area contributed by atoms with Crippen molar-refractivity contribution in [2.24, 2.45) is 13.0 Å². The number of rotatable bonds is 5. The van der Waals surface area contributed by atoms with Gasteiger partial charge in [-0.2, -0.15) is 10.4 Å². The zero-order valence-electron chi connectivity index (χ0n) is 15.9. The number of aryl methyl sites for hydroxylation is 1. The summed E-state index contributed by atoms with van der Waals surface area (Å²) in [5.74, 6) is -1.55. The van der Waals surface area contributed by atoms with E-state index in [2.05, 4.69) is 16.5 Å². The highest BCUT2D eigenvalue weighted by atomic mass is 16.5. The Hall–Kier alpha value is -3.21. The first-order chi connectivity index (χ1) is 12.6. The van der Waals surface area contributed by atoms with E-state index in [1.54, 1.807) is 45.0 Å². The first kappa shape index (κ1) is 20.1. The standard InChI is InChI=1S/C19H22N4O4/c1-11(2)19(4,10-20)21-16(24)12(3)27-18(26)15-13-8-6-7-9-14(13)17(25)23(5)22-15/h6-9,11-12H,1-5H3,(H,21,24). The summed E-state index contributed by atoms with van der Waals surface area (Å²) in [4.78, 5) is 37.1. The van der Waals surface area contributed by atoms with Gasteiger partial charge in [-0.15, -0.1) is 0 Å². The van der Waals surface area contributed by atoms with Gasteiger partial charge in [-0.05, 0) is 25.8 Å². The predicted molar refractivity (Wildman–Crippen MR) is 98.9 cm³/mol. The van der Waals surface area contributed by atoms with Crippen molar-refractivity contribution in [3.05, 3.63) is 40.3 Å². The molecule has 0 spiro atoms. The smallest absolute Gasteiger partial charge is 0.360 e. The van der Waals surface area contributed by atoms with Gasteiger partial charge in [0, 0.05) is 12.4 Å². The molecule has 0 aliphatic rings. The molecule has 1 N–H and O–H groups in total. The predicted octanol–water partition coefficient (Wildman–Crippen LogP) is 1.53. The fraction of sp³-hybridized carbons (Fsp3) is 0.421. The van der Waals surface area contributed by atoms with Gasteiger partial charge in [0.1, 0.15) is 5.54 Å². The van der Waals surface area contributed by atoms with Crippen LogP contribution >= 0.6 is 0 Å². The second-order valence-corrected chi connectivity index (χ2v) is 6.83. The summed E-state index contributed by atoms with van der Waals surface area (Å²) in [6.07, 6.45) is -1.14. The summed E-state index contributed by atoms with van der Waals surface area (Å²) < 4.78 is 6.28. The van der Waals surface area contributed by atoms with Crippen molar-refractivity contribution in [2.45, 2.75) is 39.3 Å². The van der Waals surface area contributed by atoms with Gasteiger partial charge in [-0.1, -0.05) is 32.0 Å². The highest BCUT2D eigenvalue weighted by Gasteiger charge is 2.33. The van der Waals surface area contributed by atoms with Crippen LogP contribution in [0.5, 0.6) is 0 Å². The lowest BCUT2D eigenvalue weighted by Gasteiger charge is -2.28. The Labute approximate surface area is 156 Å². The average molecular weight is 370 g/mol. The fourth-order valence-electron chi connectivity index (χ4n) is 2.38. The van der Waals surface area contributed by atoms with Gasteiger partial charge in [-0.3, -0.25) is 9.59 Å². The minimum atomic E-state index is -1.14. The lowest BCUT2D eigenvalue weighted by molar-refractivity contribution is -0.130. The Balaban J connectivity index is 2.27. The zero-order valence-corrected chi connectivity index (χ0v) is 15.9. The van der Waals surface area contributed by atoms with Gasteiger partial charge in [0.2, 0.25) is 0 Å². The van der Waals surface area contributed by atoms with Crippen LogP contribution in [-0.2, 0) is 16.6 Å². The third kappa shape index (κ3) is 3.97. The summed E-state index contributed by atoms with van der Waals surface area (Å²) >= 11 is 0. The molecule has 1 heterocycles. The highest BCUT2D eigenvalue weighted by Crippen LogP contribution is 2.17. The minimum absolute atomic E-state index is 0.0562. The summed E-state index contributed by atoms with van der Waals surface area (Å²) in [6.45, 7) is 6.63. The molecular weight excluding hydrogens is 348 g/mol. The fourth-order valence-corrected chi connectivity index (χ4v) is 2.38. The molecule has 1 aromatic carbocycles. The summed E-state index contributed by atoms with van der Waals surface area (Å²) in [7, 11) is 1.43. The highest BCUT2D eigenvalue weighted by molar-refractivity contribution is 6.02. The number of aromatic nitrogens is 2. The van der Waals surface area contributed by atoms with Crippen molar-refractivity contribution >= 4 is 22.6 Å². The molecule has 0 bridgehead atoms. The van der Waals surface area contributed by atoms with Gasteiger partial charge in [0.25, 0.3) is 11.5 Å². The van der Waals surface area contributed by atoms with Crippen LogP contribution in [0.1, 0.15) is 38.2 Å². The molecule has 2 rings (SSSR count). The van der Waals surface area contributed by atoms with E-state index in [1.807, 2.05) is 0 Å². The molecule has 2 atom stereocenters. The number of nitrogens with one attached hydrogen (secondary N) is 1. The van der Waals surface area contributed by atoms with Crippen LogP contribution in [0.25, 0.3) is 10.8 Å². The molecule has 0 radical (unpaired) electrons. The molecule has 1 aromatic heterocycles. The van der Waals surface area contributed by atoms with E-state index in [0.29, 0.717) is 10.8 Å². The van der Waals surface area contributed by atoms with E-state index in [1.165, 1.54) is 14.0 Å². The number of nitriles is 1. The molecule has 2 aromatic rings. The van der Waals surface area contributed by atoms with E-state index < -0.39 is 23.5 Å². The van der Waals surface area contributed by atoms with Crippen LogP contribution in [0, 0.1) is 17.2 Å². The van der Waals surface area contributed by atoms with Crippen molar-refractivity contribution < 1.29 is 14.3 Å².